The van der Waals surface area contributed by atoms with E-state index >= 15 is 0 Å². The highest BCUT2D eigenvalue weighted by Crippen LogP contribution is 2.39. The lowest BCUT2D eigenvalue weighted by atomic mass is 9.91. The average molecular weight is 551 g/mol. The fourth-order valence-corrected chi connectivity index (χ4v) is 6.65. The van der Waals surface area contributed by atoms with Gasteiger partial charge in [-0.3, -0.25) is 0 Å². The standard InChI is InChI=1S/C29H31ClN4O3S/c1-2-36-29(35)33-14-11-22(12-15-33)34-24-18-20(7-10-23(24)32-27(34)25-4-3-16-37-25)26(28-31-13-17-38-28)19-5-8-21(30)9-6-19/h5-10,13,17-18,22,25-26H,2-4,11-12,14-16H2,1H3. The quantitative estimate of drug-likeness (QED) is 0.259. The van der Waals surface area contributed by atoms with E-state index < -0.39 is 0 Å². The Morgan fingerprint density at radius 1 is 1.16 bits per heavy atom. The number of likely N-dealkylation sites (tertiary alicyclic amines) is 1. The van der Waals surface area contributed by atoms with Crippen molar-refractivity contribution in [3.8, 4) is 0 Å². The van der Waals surface area contributed by atoms with Crippen LogP contribution in [0.4, 0.5) is 4.79 Å². The molecule has 4 heterocycles. The Bertz CT molecular complexity index is 1390. The lowest BCUT2D eigenvalue weighted by molar-refractivity contribution is 0.0860. The number of hydrogen-bond acceptors (Lipinski definition) is 6. The van der Waals surface area contributed by atoms with Crippen LogP contribution in [-0.2, 0) is 9.47 Å². The van der Waals surface area contributed by atoms with Crippen LogP contribution in [0.15, 0.2) is 54.0 Å². The van der Waals surface area contributed by atoms with Crippen LogP contribution in [0.1, 0.15) is 72.6 Å². The first-order chi connectivity index (χ1) is 18.6. The molecule has 2 aromatic heterocycles. The molecule has 0 spiro atoms. The fraction of sp³-hybridized carbons (Fsp3) is 0.414. The minimum absolute atomic E-state index is 0.0000361. The first kappa shape index (κ1) is 25.3. The lowest BCUT2D eigenvalue weighted by Crippen LogP contribution is -2.39. The third kappa shape index (κ3) is 4.93. The van der Waals surface area contributed by atoms with Crippen LogP contribution in [0.3, 0.4) is 0 Å². The number of rotatable bonds is 6. The summed E-state index contributed by atoms with van der Waals surface area (Å²) < 4.78 is 13.8. The van der Waals surface area contributed by atoms with Gasteiger partial charge in [0.05, 0.1) is 23.6 Å². The SMILES string of the molecule is CCOC(=O)N1CCC(n2c(C3CCCO3)nc3ccc(C(c4ccc(Cl)cc4)c4nccs4)cc32)CC1. The van der Waals surface area contributed by atoms with Crippen molar-refractivity contribution in [3.05, 3.63) is 81.0 Å². The van der Waals surface area contributed by atoms with Gasteiger partial charge in [0.2, 0.25) is 0 Å². The predicted octanol–water partition coefficient (Wildman–Crippen LogP) is 6.97. The molecule has 7 nitrogen and oxygen atoms in total. The van der Waals surface area contributed by atoms with Gasteiger partial charge in [0.1, 0.15) is 16.9 Å². The van der Waals surface area contributed by atoms with Crippen LogP contribution in [0.5, 0.6) is 0 Å². The second-order valence-corrected chi connectivity index (χ2v) is 11.2. The summed E-state index contributed by atoms with van der Waals surface area (Å²) in [4.78, 5) is 23.9. The zero-order valence-corrected chi connectivity index (χ0v) is 23.0. The molecule has 2 unspecified atom stereocenters. The minimum Gasteiger partial charge on any atom is -0.450 e. The molecule has 38 heavy (non-hydrogen) atoms. The molecule has 198 valence electrons. The molecule has 2 aromatic carbocycles. The summed E-state index contributed by atoms with van der Waals surface area (Å²) in [7, 11) is 0. The summed E-state index contributed by atoms with van der Waals surface area (Å²) in [6.45, 7) is 4.34. The van der Waals surface area contributed by atoms with E-state index in [-0.39, 0.29) is 24.2 Å². The van der Waals surface area contributed by atoms with Gasteiger partial charge in [0, 0.05) is 42.3 Å². The summed E-state index contributed by atoms with van der Waals surface area (Å²) in [6, 6.07) is 14.8. The third-order valence-electron chi connectivity index (χ3n) is 7.55. The third-order valence-corrected chi connectivity index (χ3v) is 8.64. The summed E-state index contributed by atoms with van der Waals surface area (Å²) in [5, 5.41) is 3.78. The van der Waals surface area contributed by atoms with Crippen molar-refractivity contribution in [2.45, 2.75) is 50.7 Å². The monoisotopic (exact) mass is 550 g/mol. The van der Waals surface area contributed by atoms with E-state index in [2.05, 4.69) is 39.9 Å². The first-order valence-corrected chi connectivity index (χ1v) is 14.6. The molecule has 0 saturated carbocycles. The van der Waals surface area contributed by atoms with E-state index in [0.29, 0.717) is 19.7 Å². The molecule has 2 fully saturated rings. The van der Waals surface area contributed by atoms with Crippen molar-refractivity contribution in [2.75, 3.05) is 26.3 Å². The van der Waals surface area contributed by atoms with Gasteiger partial charge in [0.25, 0.3) is 0 Å². The van der Waals surface area contributed by atoms with Gasteiger partial charge in [-0.05, 0) is 68.0 Å². The van der Waals surface area contributed by atoms with E-state index in [4.69, 9.17) is 26.1 Å². The predicted molar refractivity (Wildman–Crippen MR) is 149 cm³/mol. The molecule has 0 bridgehead atoms. The fourth-order valence-electron chi connectivity index (χ4n) is 5.73. The van der Waals surface area contributed by atoms with E-state index in [0.717, 1.165) is 64.7 Å². The van der Waals surface area contributed by atoms with Gasteiger partial charge >= 0.3 is 6.09 Å². The number of aromatic nitrogens is 3. The van der Waals surface area contributed by atoms with Gasteiger partial charge in [-0.15, -0.1) is 11.3 Å². The van der Waals surface area contributed by atoms with Gasteiger partial charge < -0.3 is 18.9 Å². The summed E-state index contributed by atoms with van der Waals surface area (Å²) in [5.41, 5.74) is 4.40. The maximum atomic E-state index is 12.3. The number of fused-ring (bicyclic) bond motifs is 1. The van der Waals surface area contributed by atoms with Gasteiger partial charge in [-0.2, -0.15) is 0 Å². The molecule has 2 saturated heterocycles. The van der Waals surface area contributed by atoms with E-state index in [1.807, 2.05) is 35.5 Å². The molecule has 0 aliphatic carbocycles. The molecule has 4 aromatic rings. The number of ether oxygens (including phenoxy) is 2. The van der Waals surface area contributed by atoms with E-state index in [1.165, 1.54) is 5.56 Å². The van der Waals surface area contributed by atoms with Crippen molar-refractivity contribution < 1.29 is 14.3 Å². The molecule has 9 heteroatoms. The largest absolute Gasteiger partial charge is 0.450 e. The van der Waals surface area contributed by atoms with Crippen LogP contribution in [0.25, 0.3) is 11.0 Å². The van der Waals surface area contributed by atoms with Crippen molar-refractivity contribution in [1.29, 1.82) is 0 Å². The molecule has 2 aliphatic heterocycles. The summed E-state index contributed by atoms with van der Waals surface area (Å²) >= 11 is 7.87. The van der Waals surface area contributed by atoms with Gasteiger partial charge in [-0.1, -0.05) is 29.8 Å². The van der Waals surface area contributed by atoms with E-state index in [1.54, 1.807) is 11.3 Å². The molecular weight excluding hydrogens is 520 g/mol. The molecule has 6 rings (SSSR count). The van der Waals surface area contributed by atoms with Crippen LogP contribution in [0.2, 0.25) is 5.02 Å². The maximum Gasteiger partial charge on any atom is 0.409 e. The number of carbonyl (C=O) groups is 1. The Hall–Kier alpha value is -2.94. The van der Waals surface area contributed by atoms with Crippen molar-refractivity contribution >= 4 is 40.1 Å². The van der Waals surface area contributed by atoms with Crippen molar-refractivity contribution in [3.63, 3.8) is 0 Å². The number of thiazole rings is 1. The number of imidazole rings is 1. The normalized spacial score (nSPS) is 19.2. The number of hydrogen-bond donors (Lipinski definition) is 0. The maximum absolute atomic E-state index is 12.3. The van der Waals surface area contributed by atoms with Gasteiger partial charge in [0.15, 0.2) is 0 Å². The van der Waals surface area contributed by atoms with Crippen LogP contribution in [0, 0.1) is 0 Å². The molecule has 0 N–H and O–H groups in total. The number of benzene rings is 2. The number of carbonyl (C=O) groups excluding carboxylic acids is 1. The number of halogens is 1. The summed E-state index contributed by atoms with van der Waals surface area (Å²) in [5.74, 6) is 0.999. The van der Waals surface area contributed by atoms with Crippen molar-refractivity contribution in [1.82, 2.24) is 19.4 Å². The average Bonchev–Trinajstić information content (AvgIpc) is 3.71. The zero-order valence-electron chi connectivity index (χ0n) is 21.4. The van der Waals surface area contributed by atoms with Gasteiger partial charge in [-0.25, -0.2) is 14.8 Å². The smallest absolute Gasteiger partial charge is 0.409 e. The lowest BCUT2D eigenvalue weighted by Gasteiger charge is -2.33. The zero-order chi connectivity index (χ0) is 26.1. The number of amides is 1. The van der Waals surface area contributed by atoms with Crippen LogP contribution in [-0.4, -0.2) is 51.8 Å². The Balaban J connectivity index is 1.41. The highest BCUT2D eigenvalue weighted by atomic mass is 35.5. The second-order valence-electron chi connectivity index (χ2n) is 9.86. The highest BCUT2D eigenvalue weighted by molar-refractivity contribution is 7.09. The topological polar surface area (TPSA) is 69.5 Å². The second kappa shape index (κ2) is 11.0. The Kier molecular flexibility index (Phi) is 7.37. The minimum atomic E-state index is -0.225. The summed E-state index contributed by atoms with van der Waals surface area (Å²) in [6.07, 6.45) is 5.35. The van der Waals surface area contributed by atoms with Crippen molar-refractivity contribution in [2.24, 2.45) is 0 Å². The van der Waals surface area contributed by atoms with Crippen LogP contribution >= 0.6 is 22.9 Å². The Morgan fingerprint density at radius 3 is 2.63 bits per heavy atom. The molecule has 2 aliphatic rings. The Labute approximate surface area is 231 Å². The highest BCUT2D eigenvalue weighted by Gasteiger charge is 2.32. The number of nitrogens with zero attached hydrogens (tertiary/aromatic N) is 4. The molecule has 2 atom stereocenters. The number of piperidine rings is 1. The molecular formula is C29H31ClN4O3S. The molecule has 0 radical (unpaired) electrons. The Morgan fingerprint density at radius 2 is 1.95 bits per heavy atom. The first-order valence-electron chi connectivity index (χ1n) is 13.3. The molecule has 1 amide bonds. The van der Waals surface area contributed by atoms with Crippen LogP contribution < -0.4 is 0 Å². The van der Waals surface area contributed by atoms with E-state index in [9.17, 15) is 4.79 Å².